The number of nitrogens with zero attached hydrogens (tertiary/aromatic N) is 1. The minimum absolute atomic E-state index is 0.0662. The van der Waals surface area contributed by atoms with Crippen LogP contribution in [0, 0.1) is 5.92 Å². The van der Waals surface area contributed by atoms with Gasteiger partial charge in [-0.25, -0.2) is 4.98 Å². The van der Waals surface area contributed by atoms with Gasteiger partial charge in [0.1, 0.15) is 10.6 Å². The lowest BCUT2D eigenvalue weighted by molar-refractivity contribution is -0.140. The summed E-state index contributed by atoms with van der Waals surface area (Å²) < 4.78 is 1.10. The highest BCUT2D eigenvalue weighted by Crippen LogP contribution is 2.33. The minimum atomic E-state index is -1.12. The summed E-state index contributed by atoms with van der Waals surface area (Å²) in [6.07, 6.45) is 3.31. The number of rotatable bonds is 3. The van der Waals surface area contributed by atoms with E-state index in [2.05, 4.69) is 11.9 Å². The monoisotopic (exact) mass is 289 g/mol. The van der Waals surface area contributed by atoms with Crippen molar-refractivity contribution in [3.05, 3.63) is 29.3 Å². The van der Waals surface area contributed by atoms with Crippen LogP contribution in [0.3, 0.4) is 0 Å². The molecule has 0 spiro atoms. The summed E-state index contributed by atoms with van der Waals surface area (Å²) in [5.74, 6) is 0.550. The number of aliphatic hydroxyl groups is 1. The highest BCUT2D eigenvalue weighted by molar-refractivity contribution is 7.18. The van der Waals surface area contributed by atoms with Gasteiger partial charge in [0.2, 0.25) is 0 Å². The number of carbonyl (C=O) groups excluding carboxylic acids is 1. The number of fused-ring (bicyclic) bond motifs is 1. The maximum atomic E-state index is 12.4. The van der Waals surface area contributed by atoms with E-state index in [1.807, 2.05) is 24.3 Å². The van der Waals surface area contributed by atoms with E-state index in [0.29, 0.717) is 18.8 Å². The molecule has 1 fully saturated rings. The number of hydrogen-bond donors (Lipinski definition) is 1. The third kappa shape index (κ3) is 2.63. The Kier molecular flexibility index (Phi) is 3.61. The van der Waals surface area contributed by atoms with Crippen LogP contribution in [0.2, 0.25) is 0 Å². The molecule has 1 aromatic carbocycles. The number of carbonyl (C=O) groups is 1. The second-order valence-electron chi connectivity index (χ2n) is 5.89. The number of ketones is 1. The van der Waals surface area contributed by atoms with Crippen LogP contribution in [0.5, 0.6) is 0 Å². The molecule has 0 unspecified atom stereocenters. The van der Waals surface area contributed by atoms with E-state index in [0.717, 1.165) is 28.1 Å². The highest BCUT2D eigenvalue weighted by atomic mass is 32.1. The van der Waals surface area contributed by atoms with Crippen molar-refractivity contribution in [3.8, 4) is 0 Å². The van der Waals surface area contributed by atoms with E-state index in [1.54, 1.807) is 11.3 Å². The summed E-state index contributed by atoms with van der Waals surface area (Å²) in [7, 11) is 0. The number of aromatic nitrogens is 1. The number of hydrogen-bond acceptors (Lipinski definition) is 4. The Hall–Kier alpha value is -1.26. The van der Waals surface area contributed by atoms with Crippen molar-refractivity contribution in [1.29, 1.82) is 0 Å². The standard InChI is InChI=1S/C16H19NO2S/c1-11-6-8-16(19,9-7-11)14(18)10-15-17-12-4-2-3-5-13(12)20-15/h2-5,11,19H,6-10H2,1H3. The van der Waals surface area contributed by atoms with Crippen molar-refractivity contribution >= 4 is 27.3 Å². The predicted molar refractivity (Wildman–Crippen MR) is 80.9 cm³/mol. The molecule has 4 heteroatoms. The lowest BCUT2D eigenvalue weighted by atomic mass is 9.76. The van der Waals surface area contributed by atoms with Crippen molar-refractivity contribution in [2.75, 3.05) is 0 Å². The maximum Gasteiger partial charge on any atom is 0.171 e. The van der Waals surface area contributed by atoms with Crippen LogP contribution in [-0.4, -0.2) is 21.5 Å². The van der Waals surface area contributed by atoms with Gasteiger partial charge in [-0.1, -0.05) is 19.1 Å². The lowest BCUT2D eigenvalue weighted by Gasteiger charge is -2.33. The molecule has 1 aliphatic carbocycles. The molecule has 3 nitrogen and oxygen atoms in total. The molecule has 0 saturated heterocycles. The lowest BCUT2D eigenvalue weighted by Crippen LogP contribution is -2.42. The third-order valence-electron chi connectivity index (χ3n) is 4.27. The van der Waals surface area contributed by atoms with Crippen molar-refractivity contribution in [2.45, 2.75) is 44.6 Å². The largest absolute Gasteiger partial charge is 0.382 e. The fourth-order valence-corrected chi connectivity index (χ4v) is 3.78. The molecular formula is C16H19NO2S. The molecule has 1 saturated carbocycles. The Morgan fingerprint density at radius 2 is 2.10 bits per heavy atom. The normalized spacial score (nSPS) is 26.8. The third-order valence-corrected chi connectivity index (χ3v) is 5.31. The van der Waals surface area contributed by atoms with Crippen LogP contribution in [-0.2, 0) is 11.2 Å². The van der Waals surface area contributed by atoms with Crippen molar-refractivity contribution in [3.63, 3.8) is 0 Å². The van der Waals surface area contributed by atoms with Gasteiger partial charge in [0.05, 0.1) is 16.6 Å². The van der Waals surface area contributed by atoms with E-state index in [1.165, 1.54) is 0 Å². The van der Waals surface area contributed by atoms with Gasteiger partial charge in [-0.2, -0.15) is 0 Å². The summed E-state index contributed by atoms with van der Waals surface area (Å²) in [4.78, 5) is 16.9. The van der Waals surface area contributed by atoms with Gasteiger partial charge < -0.3 is 5.11 Å². The summed E-state index contributed by atoms with van der Waals surface area (Å²) >= 11 is 1.55. The van der Waals surface area contributed by atoms with Gasteiger partial charge >= 0.3 is 0 Å². The van der Waals surface area contributed by atoms with Crippen molar-refractivity contribution in [2.24, 2.45) is 5.92 Å². The number of thiazole rings is 1. The van der Waals surface area contributed by atoms with E-state index in [-0.39, 0.29) is 12.2 Å². The Bertz CT molecular complexity index is 593. The van der Waals surface area contributed by atoms with Crippen LogP contribution in [0.25, 0.3) is 10.2 Å². The van der Waals surface area contributed by atoms with Crippen LogP contribution in [0.4, 0.5) is 0 Å². The zero-order chi connectivity index (χ0) is 14.2. The molecule has 1 aliphatic rings. The summed E-state index contributed by atoms with van der Waals surface area (Å²) in [5, 5.41) is 11.3. The first-order valence-corrected chi connectivity index (χ1v) is 7.99. The van der Waals surface area contributed by atoms with Gasteiger partial charge in [0.15, 0.2) is 5.78 Å². The van der Waals surface area contributed by atoms with E-state index in [9.17, 15) is 9.90 Å². The molecular weight excluding hydrogens is 270 g/mol. The topological polar surface area (TPSA) is 50.2 Å². The molecule has 2 aromatic rings. The molecule has 1 aromatic heterocycles. The zero-order valence-electron chi connectivity index (χ0n) is 11.6. The molecule has 106 valence electrons. The average Bonchev–Trinajstić information content (AvgIpc) is 2.84. The Balaban J connectivity index is 1.75. The maximum absolute atomic E-state index is 12.4. The minimum Gasteiger partial charge on any atom is -0.382 e. The molecule has 0 atom stereocenters. The molecule has 0 radical (unpaired) electrons. The van der Waals surface area contributed by atoms with Gasteiger partial charge in [-0.05, 0) is 43.7 Å². The molecule has 0 bridgehead atoms. The van der Waals surface area contributed by atoms with Crippen LogP contribution in [0.1, 0.15) is 37.6 Å². The molecule has 0 amide bonds. The first kappa shape index (κ1) is 13.7. The molecule has 3 rings (SSSR count). The smallest absolute Gasteiger partial charge is 0.171 e. The summed E-state index contributed by atoms with van der Waals surface area (Å²) in [5.41, 5.74) is -0.186. The Labute approximate surface area is 122 Å². The van der Waals surface area contributed by atoms with Crippen molar-refractivity contribution in [1.82, 2.24) is 4.98 Å². The summed E-state index contributed by atoms with van der Waals surface area (Å²) in [6, 6.07) is 7.89. The van der Waals surface area contributed by atoms with E-state index < -0.39 is 5.60 Å². The van der Waals surface area contributed by atoms with Crippen LogP contribution < -0.4 is 0 Å². The first-order chi connectivity index (χ1) is 9.57. The quantitative estimate of drug-likeness (QED) is 0.942. The van der Waals surface area contributed by atoms with Crippen LogP contribution in [0.15, 0.2) is 24.3 Å². The van der Waals surface area contributed by atoms with E-state index in [4.69, 9.17) is 0 Å². The Morgan fingerprint density at radius 3 is 2.80 bits per heavy atom. The first-order valence-electron chi connectivity index (χ1n) is 7.17. The average molecular weight is 289 g/mol. The predicted octanol–water partition coefficient (Wildman–Crippen LogP) is 3.35. The number of Topliss-reactive ketones (excluding diaryl/α,β-unsaturated/α-hetero) is 1. The second kappa shape index (κ2) is 5.26. The van der Waals surface area contributed by atoms with Gasteiger partial charge in [-0.3, -0.25) is 4.79 Å². The second-order valence-corrected chi connectivity index (χ2v) is 7.00. The molecule has 20 heavy (non-hydrogen) atoms. The Morgan fingerprint density at radius 1 is 1.40 bits per heavy atom. The molecule has 1 N–H and O–H groups in total. The van der Waals surface area contributed by atoms with Crippen LogP contribution >= 0.6 is 11.3 Å². The fourth-order valence-electron chi connectivity index (χ4n) is 2.82. The SMILES string of the molecule is CC1CCC(O)(C(=O)Cc2nc3ccccc3s2)CC1. The molecule has 1 heterocycles. The van der Waals surface area contributed by atoms with E-state index >= 15 is 0 Å². The highest BCUT2D eigenvalue weighted by Gasteiger charge is 2.38. The van der Waals surface area contributed by atoms with Gasteiger partial charge in [0, 0.05) is 0 Å². The van der Waals surface area contributed by atoms with Gasteiger partial charge in [0.25, 0.3) is 0 Å². The molecule has 0 aliphatic heterocycles. The van der Waals surface area contributed by atoms with Crippen molar-refractivity contribution < 1.29 is 9.90 Å². The van der Waals surface area contributed by atoms with Gasteiger partial charge in [-0.15, -0.1) is 11.3 Å². The number of para-hydroxylation sites is 1. The summed E-state index contributed by atoms with van der Waals surface area (Å²) in [6.45, 7) is 2.18. The number of benzene rings is 1. The zero-order valence-corrected chi connectivity index (χ0v) is 12.4. The fraction of sp³-hybridized carbons (Fsp3) is 0.500.